The number of piperidine rings is 1. The Balaban J connectivity index is 0.00000576. The Labute approximate surface area is 171 Å². The van der Waals surface area contributed by atoms with E-state index in [0.717, 1.165) is 51.1 Å². The van der Waals surface area contributed by atoms with E-state index in [0.29, 0.717) is 13.2 Å². The number of guanidine groups is 1. The normalized spacial score (nSPS) is 18.7. The number of hydrogen-bond acceptors (Lipinski definition) is 4. The Morgan fingerprint density at radius 3 is 2.64 bits per heavy atom. The molecule has 0 bridgehead atoms. The van der Waals surface area contributed by atoms with Crippen LogP contribution in [-0.4, -0.2) is 77.1 Å². The largest absolute Gasteiger partial charge is 0.382 e. The highest BCUT2D eigenvalue weighted by Crippen LogP contribution is 2.18. The van der Waals surface area contributed by atoms with Crippen molar-refractivity contribution in [3.05, 3.63) is 0 Å². The van der Waals surface area contributed by atoms with Gasteiger partial charge in [0.05, 0.1) is 13.2 Å². The van der Waals surface area contributed by atoms with Crippen LogP contribution in [0.1, 0.15) is 45.4 Å². The summed E-state index contributed by atoms with van der Waals surface area (Å²) in [5.74, 6) is 0.903. The lowest BCUT2D eigenvalue weighted by atomic mass is 10.0. The molecule has 0 radical (unpaired) electrons. The van der Waals surface area contributed by atoms with Crippen LogP contribution in [0.2, 0.25) is 0 Å². The summed E-state index contributed by atoms with van der Waals surface area (Å²) in [6.45, 7) is 8.68. The number of nitrogens with one attached hydrogen (secondary N) is 2. The Morgan fingerprint density at radius 2 is 1.92 bits per heavy atom. The van der Waals surface area contributed by atoms with E-state index in [9.17, 15) is 0 Å². The molecule has 0 aliphatic carbocycles. The van der Waals surface area contributed by atoms with E-state index in [1.54, 1.807) is 7.11 Å². The molecule has 1 atom stereocenters. The van der Waals surface area contributed by atoms with Gasteiger partial charge in [-0.3, -0.25) is 9.89 Å². The smallest absolute Gasteiger partial charge is 0.191 e. The predicted octanol–water partition coefficient (Wildman–Crippen LogP) is 2.48. The van der Waals surface area contributed by atoms with E-state index in [4.69, 9.17) is 9.47 Å². The molecule has 0 aromatic carbocycles. The van der Waals surface area contributed by atoms with Gasteiger partial charge >= 0.3 is 0 Å². The summed E-state index contributed by atoms with van der Waals surface area (Å²) < 4.78 is 10.4. The maximum Gasteiger partial charge on any atom is 0.191 e. The second-order valence-electron chi connectivity index (χ2n) is 6.33. The monoisotopic (exact) mass is 470 g/mol. The second kappa shape index (κ2) is 17.3. The number of unbranched alkanes of at least 4 members (excludes halogenated alkanes) is 1. The minimum absolute atomic E-state index is 0. The van der Waals surface area contributed by atoms with Gasteiger partial charge in [-0.1, -0.05) is 13.3 Å². The van der Waals surface area contributed by atoms with E-state index in [1.807, 2.05) is 7.05 Å². The highest BCUT2D eigenvalue weighted by Gasteiger charge is 2.19. The first-order chi connectivity index (χ1) is 11.8. The molecule has 0 spiro atoms. The molecule has 1 aliphatic heterocycles. The lowest BCUT2D eigenvalue weighted by Gasteiger charge is -2.35. The predicted molar refractivity (Wildman–Crippen MR) is 116 cm³/mol. The van der Waals surface area contributed by atoms with Gasteiger partial charge in [0.25, 0.3) is 0 Å². The minimum atomic E-state index is 0. The molecule has 1 rings (SSSR count). The minimum Gasteiger partial charge on any atom is -0.382 e. The van der Waals surface area contributed by atoms with Crippen molar-refractivity contribution >= 4 is 29.9 Å². The van der Waals surface area contributed by atoms with Gasteiger partial charge in [0.1, 0.15) is 0 Å². The molecule has 1 aliphatic rings. The van der Waals surface area contributed by atoms with E-state index >= 15 is 0 Å². The summed E-state index contributed by atoms with van der Waals surface area (Å²) >= 11 is 0. The van der Waals surface area contributed by atoms with Crippen molar-refractivity contribution in [1.29, 1.82) is 0 Å². The average Bonchev–Trinajstić information content (AvgIpc) is 2.62. The molecule has 25 heavy (non-hydrogen) atoms. The lowest BCUT2D eigenvalue weighted by molar-refractivity contribution is 0.0689. The van der Waals surface area contributed by atoms with Crippen molar-refractivity contribution in [2.45, 2.75) is 51.5 Å². The van der Waals surface area contributed by atoms with Crippen molar-refractivity contribution in [3.8, 4) is 0 Å². The van der Waals surface area contributed by atoms with Crippen LogP contribution in [0.25, 0.3) is 0 Å². The summed E-state index contributed by atoms with van der Waals surface area (Å²) in [6, 6.07) is 0.772. The summed E-state index contributed by atoms with van der Waals surface area (Å²) in [4.78, 5) is 6.92. The Bertz CT molecular complexity index is 332. The molecular formula is C18H39IN4O2. The number of nitrogens with zero attached hydrogens (tertiary/aromatic N) is 2. The number of rotatable bonds is 12. The van der Waals surface area contributed by atoms with Crippen LogP contribution in [0, 0.1) is 0 Å². The van der Waals surface area contributed by atoms with E-state index in [1.165, 1.54) is 32.2 Å². The number of likely N-dealkylation sites (tertiary alicyclic amines) is 1. The van der Waals surface area contributed by atoms with Crippen LogP contribution >= 0.6 is 24.0 Å². The van der Waals surface area contributed by atoms with Gasteiger partial charge < -0.3 is 20.1 Å². The van der Waals surface area contributed by atoms with Gasteiger partial charge in [-0.25, -0.2) is 0 Å². The van der Waals surface area contributed by atoms with Crippen molar-refractivity contribution in [2.75, 3.05) is 60.2 Å². The van der Waals surface area contributed by atoms with Crippen LogP contribution in [0.15, 0.2) is 4.99 Å². The first-order valence-electron chi connectivity index (χ1n) is 9.57. The average molecular weight is 470 g/mol. The van der Waals surface area contributed by atoms with Gasteiger partial charge in [0.15, 0.2) is 5.96 Å². The van der Waals surface area contributed by atoms with Crippen LogP contribution in [-0.2, 0) is 9.47 Å². The number of ether oxygens (including phenoxy) is 2. The molecule has 1 saturated heterocycles. The fourth-order valence-electron chi connectivity index (χ4n) is 3.14. The van der Waals surface area contributed by atoms with E-state index in [2.05, 4.69) is 27.4 Å². The molecule has 150 valence electrons. The third kappa shape index (κ3) is 12.0. The SMILES string of the molecule is CCC1CCCCN1CCNC(=NC)NCCCCOCCOC.I. The number of hydrogen-bond donors (Lipinski definition) is 2. The number of halogens is 1. The Kier molecular flexibility index (Phi) is 17.2. The van der Waals surface area contributed by atoms with Crippen molar-refractivity contribution < 1.29 is 9.47 Å². The molecular weight excluding hydrogens is 431 g/mol. The zero-order valence-corrected chi connectivity index (χ0v) is 18.7. The van der Waals surface area contributed by atoms with Crippen molar-refractivity contribution in [2.24, 2.45) is 4.99 Å². The Hall–Kier alpha value is -0.120. The van der Waals surface area contributed by atoms with Crippen LogP contribution in [0.4, 0.5) is 0 Å². The fraction of sp³-hybridized carbons (Fsp3) is 0.944. The molecule has 1 unspecified atom stereocenters. The molecule has 0 aromatic heterocycles. The standard InChI is InChI=1S/C18H38N4O2.HI/c1-4-17-9-5-7-12-22(17)13-11-21-18(19-2)20-10-6-8-14-24-16-15-23-3;/h17H,4-16H2,1-3H3,(H2,19,20,21);1H. The van der Waals surface area contributed by atoms with E-state index in [-0.39, 0.29) is 24.0 Å². The van der Waals surface area contributed by atoms with Gasteiger partial charge in [0.2, 0.25) is 0 Å². The zero-order chi connectivity index (χ0) is 17.5. The summed E-state index contributed by atoms with van der Waals surface area (Å²) in [6.07, 6.45) is 7.49. The topological polar surface area (TPSA) is 58.1 Å². The summed E-state index contributed by atoms with van der Waals surface area (Å²) in [5, 5.41) is 6.80. The van der Waals surface area contributed by atoms with Crippen molar-refractivity contribution in [3.63, 3.8) is 0 Å². The molecule has 2 N–H and O–H groups in total. The van der Waals surface area contributed by atoms with Gasteiger partial charge in [-0.15, -0.1) is 24.0 Å². The van der Waals surface area contributed by atoms with Gasteiger partial charge in [-0.05, 0) is 38.6 Å². The van der Waals surface area contributed by atoms with Crippen molar-refractivity contribution in [1.82, 2.24) is 15.5 Å². The quantitative estimate of drug-likeness (QED) is 0.199. The van der Waals surface area contributed by atoms with Gasteiger partial charge in [0, 0.05) is 46.4 Å². The van der Waals surface area contributed by atoms with E-state index < -0.39 is 0 Å². The lowest BCUT2D eigenvalue weighted by Crippen LogP contribution is -2.46. The highest BCUT2D eigenvalue weighted by molar-refractivity contribution is 14.0. The van der Waals surface area contributed by atoms with Crippen LogP contribution in [0.5, 0.6) is 0 Å². The zero-order valence-electron chi connectivity index (χ0n) is 16.4. The number of methoxy groups -OCH3 is 1. The van der Waals surface area contributed by atoms with Crippen LogP contribution < -0.4 is 10.6 Å². The molecule has 1 heterocycles. The third-order valence-corrected chi connectivity index (χ3v) is 4.58. The molecule has 6 nitrogen and oxygen atoms in total. The molecule has 1 fully saturated rings. The second-order valence-corrected chi connectivity index (χ2v) is 6.33. The third-order valence-electron chi connectivity index (χ3n) is 4.58. The fourth-order valence-corrected chi connectivity index (χ4v) is 3.14. The molecule has 0 saturated carbocycles. The summed E-state index contributed by atoms with van der Waals surface area (Å²) in [7, 11) is 3.53. The van der Waals surface area contributed by atoms with Gasteiger partial charge in [-0.2, -0.15) is 0 Å². The molecule has 0 aromatic rings. The maximum absolute atomic E-state index is 5.46. The first-order valence-corrected chi connectivity index (χ1v) is 9.57. The Morgan fingerprint density at radius 1 is 1.12 bits per heavy atom. The summed E-state index contributed by atoms with van der Waals surface area (Å²) in [5.41, 5.74) is 0. The molecule has 7 heteroatoms. The first kappa shape index (κ1) is 24.9. The number of aliphatic imine (C=N–C) groups is 1. The maximum atomic E-state index is 5.46. The molecule has 0 amide bonds. The van der Waals surface area contributed by atoms with Crippen LogP contribution in [0.3, 0.4) is 0 Å². The highest BCUT2D eigenvalue weighted by atomic mass is 127.